The lowest BCUT2D eigenvalue weighted by atomic mass is 10.2. The molecular weight excluding hydrogens is 414 g/mol. The van der Waals surface area contributed by atoms with Gasteiger partial charge in [0.2, 0.25) is 5.91 Å². The molecule has 0 bridgehead atoms. The van der Waals surface area contributed by atoms with Gasteiger partial charge in [-0.3, -0.25) is 9.69 Å². The van der Waals surface area contributed by atoms with Crippen LogP contribution in [0.4, 0.5) is 0 Å². The molecule has 4 rings (SSSR count). The summed E-state index contributed by atoms with van der Waals surface area (Å²) in [6, 6.07) is 14.7. The van der Waals surface area contributed by atoms with Crippen LogP contribution in [0.5, 0.6) is 0 Å². The maximum absolute atomic E-state index is 13.0. The van der Waals surface area contributed by atoms with Gasteiger partial charge in [0, 0.05) is 44.1 Å². The van der Waals surface area contributed by atoms with Gasteiger partial charge in [-0.25, -0.2) is 0 Å². The summed E-state index contributed by atoms with van der Waals surface area (Å²) < 4.78 is 2.05. The molecule has 30 heavy (non-hydrogen) atoms. The zero-order valence-corrected chi connectivity index (χ0v) is 18.8. The smallest absolute Gasteiger partial charge is 0.235 e. The molecule has 1 aliphatic heterocycles. The predicted octanol–water partition coefficient (Wildman–Crippen LogP) is 3.41. The van der Waals surface area contributed by atoms with E-state index >= 15 is 0 Å². The number of carbonyl (C=O) groups is 1. The van der Waals surface area contributed by atoms with Crippen molar-refractivity contribution in [2.45, 2.75) is 36.8 Å². The van der Waals surface area contributed by atoms with Crippen LogP contribution >= 0.6 is 23.1 Å². The molecule has 0 N–H and O–H groups in total. The number of aryl methyl sites for hydroxylation is 2. The number of benzene rings is 1. The molecular formula is C22H27N5OS2. The number of rotatable bonds is 8. The molecule has 3 heterocycles. The number of thiophene rings is 1. The lowest BCUT2D eigenvalue weighted by molar-refractivity contribution is -0.132. The van der Waals surface area contributed by atoms with Crippen molar-refractivity contribution in [1.29, 1.82) is 0 Å². The zero-order chi connectivity index (χ0) is 20.8. The van der Waals surface area contributed by atoms with Crippen molar-refractivity contribution >= 4 is 29.0 Å². The van der Waals surface area contributed by atoms with Gasteiger partial charge in [0.15, 0.2) is 5.16 Å². The summed E-state index contributed by atoms with van der Waals surface area (Å²) in [6.07, 6.45) is 2.71. The topological polar surface area (TPSA) is 54.3 Å². The highest BCUT2D eigenvalue weighted by atomic mass is 32.2. The first-order valence-electron chi connectivity index (χ1n) is 10.3. The second-order valence-corrected chi connectivity index (χ2v) is 9.82. The number of amides is 1. The van der Waals surface area contributed by atoms with E-state index in [1.807, 2.05) is 22.5 Å². The molecule has 6 nitrogen and oxygen atoms in total. The molecule has 0 unspecified atom stereocenters. The number of hydrogen-bond donors (Lipinski definition) is 0. The van der Waals surface area contributed by atoms with Gasteiger partial charge in [0.25, 0.3) is 0 Å². The lowest BCUT2D eigenvalue weighted by Crippen LogP contribution is -2.50. The third kappa shape index (κ3) is 5.50. The van der Waals surface area contributed by atoms with Gasteiger partial charge in [-0.1, -0.05) is 48.2 Å². The molecule has 1 saturated heterocycles. The van der Waals surface area contributed by atoms with E-state index in [1.165, 1.54) is 22.2 Å². The number of thioether (sulfide) groups is 1. The van der Waals surface area contributed by atoms with Gasteiger partial charge in [-0.05, 0) is 30.4 Å². The second-order valence-electron chi connectivity index (χ2n) is 7.48. The van der Waals surface area contributed by atoms with E-state index in [9.17, 15) is 4.79 Å². The summed E-state index contributed by atoms with van der Waals surface area (Å²) in [5.41, 5.74) is 1.32. The molecule has 1 atom stereocenters. The third-order valence-corrected chi connectivity index (χ3v) is 7.34. The number of carbonyl (C=O) groups excluding carboxylic acids is 1. The highest BCUT2D eigenvalue weighted by Crippen LogP contribution is 2.24. The van der Waals surface area contributed by atoms with E-state index in [4.69, 9.17) is 0 Å². The lowest BCUT2D eigenvalue weighted by Gasteiger charge is -2.35. The Morgan fingerprint density at radius 1 is 1.13 bits per heavy atom. The Labute approximate surface area is 185 Å². The van der Waals surface area contributed by atoms with Crippen LogP contribution in [0, 0.1) is 0 Å². The minimum Gasteiger partial charge on any atom is -0.339 e. The maximum atomic E-state index is 13.0. The minimum absolute atomic E-state index is 0.171. The van der Waals surface area contributed by atoms with Gasteiger partial charge < -0.3 is 9.47 Å². The number of aromatic nitrogens is 3. The second kappa shape index (κ2) is 10.2. The molecule has 2 aromatic heterocycles. The summed E-state index contributed by atoms with van der Waals surface area (Å²) in [6.45, 7) is 7.13. The van der Waals surface area contributed by atoms with Crippen molar-refractivity contribution in [2.75, 3.05) is 26.2 Å². The predicted molar refractivity (Wildman–Crippen MR) is 122 cm³/mol. The molecule has 0 spiro atoms. The summed E-state index contributed by atoms with van der Waals surface area (Å²) >= 11 is 3.27. The van der Waals surface area contributed by atoms with E-state index in [-0.39, 0.29) is 11.2 Å². The Morgan fingerprint density at radius 2 is 1.93 bits per heavy atom. The molecule has 1 aliphatic rings. The van der Waals surface area contributed by atoms with Crippen LogP contribution in [0.2, 0.25) is 0 Å². The van der Waals surface area contributed by atoms with Crippen molar-refractivity contribution in [3.8, 4) is 0 Å². The van der Waals surface area contributed by atoms with Crippen LogP contribution in [-0.4, -0.2) is 61.9 Å². The first-order valence-corrected chi connectivity index (χ1v) is 12.1. The highest BCUT2D eigenvalue weighted by molar-refractivity contribution is 8.00. The van der Waals surface area contributed by atoms with Crippen LogP contribution in [-0.2, 0) is 24.3 Å². The van der Waals surface area contributed by atoms with Crippen molar-refractivity contribution in [2.24, 2.45) is 0 Å². The number of nitrogens with zero attached hydrogens (tertiary/aromatic N) is 5. The van der Waals surface area contributed by atoms with E-state index in [2.05, 4.69) is 56.9 Å². The SMILES string of the molecule is C[C@H](Sc1nncn1CCc1cccs1)C(=O)N1CCN(Cc2ccccc2)CC1. The summed E-state index contributed by atoms with van der Waals surface area (Å²) in [4.78, 5) is 18.7. The monoisotopic (exact) mass is 441 g/mol. The van der Waals surface area contributed by atoms with Gasteiger partial charge in [0.05, 0.1) is 5.25 Å². The number of piperazine rings is 1. The normalized spacial score (nSPS) is 16.0. The van der Waals surface area contributed by atoms with Crippen LogP contribution in [0.1, 0.15) is 17.4 Å². The van der Waals surface area contributed by atoms with Gasteiger partial charge in [-0.2, -0.15) is 0 Å². The first kappa shape index (κ1) is 21.1. The molecule has 0 saturated carbocycles. The summed E-state index contributed by atoms with van der Waals surface area (Å²) in [5, 5.41) is 11.0. The Balaban J connectivity index is 1.26. The molecule has 8 heteroatoms. The quantitative estimate of drug-likeness (QED) is 0.502. The fourth-order valence-corrected chi connectivity index (χ4v) is 5.24. The van der Waals surface area contributed by atoms with Gasteiger partial charge in [0.1, 0.15) is 6.33 Å². The van der Waals surface area contributed by atoms with Crippen LogP contribution in [0.15, 0.2) is 59.3 Å². The molecule has 0 aliphatic carbocycles. The molecule has 0 radical (unpaired) electrons. The largest absolute Gasteiger partial charge is 0.339 e. The molecule has 1 aromatic carbocycles. The van der Waals surface area contributed by atoms with Gasteiger partial charge in [-0.15, -0.1) is 21.5 Å². The summed E-state index contributed by atoms with van der Waals surface area (Å²) in [5.74, 6) is 0.187. The average molecular weight is 442 g/mol. The van der Waals surface area contributed by atoms with E-state index in [1.54, 1.807) is 17.7 Å². The first-order chi connectivity index (χ1) is 14.7. The van der Waals surface area contributed by atoms with Crippen LogP contribution < -0.4 is 0 Å². The molecule has 158 valence electrons. The minimum atomic E-state index is -0.171. The van der Waals surface area contributed by atoms with Crippen LogP contribution in [0.25, 0.3) is 0 Å². The van der Waals surface area contributed by atoms with E-state index in [0.717, 1.165) is 50.8 Å². The van der Waals surface area contributed by atoms with Crippen molar-refractivity contribution in [3.63, 3.8) is 0 Å². The highest BCUT2D eigenvalue weighted by Gasteiger charge is 2.26. The van der Waals surface area contributed by atoms with Crippen LogP contribution in [0.3, 0.4) is 0 Å². The fourth-order valence-electron chi connectivity index (χ4n) is 3.61. The Hall–Kier alpha value is -2.16. The van der Waals surface area contributed by atoms with Crippen molar-refractivity contribution in [1.82, 2.24) is 24.6 Å². The Kier molecular flexibility index (Phi) is 7.20. The standard InChI is InChI=1S/C22H27N5OS2/c1-18(30-22-24-23-17-27(22)10-9-20-8-5-15-29-20)21(28)26-13-11-25(12-14-26)16-19-6-3-2-4-7-19/h2-8,15,17-18H,9-14,16H2,1H3/t18-/m0/s1. The Bertz CT molecular complexity index is 920. The fraction of sp³-hybridized carbons (Fsp3) is 0.409. The molecule has 1 fully saturated rings. The molecule has 1 amide bonds. The third-order valence-electron chi connectivity index (χ3n) is 5.32. The van der Waals surface area contributed by atoms with Crippen molar-refractivity contribution < 1.29 is 4.79 Å². The van der Waals surface area contributed by atoms with Crippen molar-refractivity contribution in [3.05, 3.63) is 64.6 Å². The number of hydrogen-bond acceptors (Lipinski definition) is 6. The molecule has 3 aromatic rings. The summed E-state index contributed by atoms with van der Waals surface area (Å²) in [7, 11) is 0. The van der Waals surface area contributed by atoms with Gasteiger partial charge >= 0.3 is 0 Å². The zero-order valence-electron chi connectivity index (χ0n) is 17.2. The van der Waals surface area contributed by atoms with E-state index < -0.39 is 0 Å². The van der Waals surface area contributed by atoms with E-state index in [0.29, 0.717) is 0 Å². The maximum Gasteiger partial charge on any atom is 0.235 e. The Morgan fingerprint density at radius 3 is 2.67 bits per heavy atom. The average Bonchev–Trinajstić information content (AvgIpc) is 3.45.